The van der Waals surface area contributed by atoms with Gasteiger partial charge in [-0.05, 0) is 30.2 Å². The quantitative estimate of drug-likeness (QED) is 0.118. The second-order valence-electron chi connectivity index (χ2n) is 7.27. The fourth-order valence-corrected chi connectivity index (χ4v) is 3.43. The number of nitro benzene ring substituents is 1. The molecule has 0 aromatic heterocycles. The van der Waals surface area contributed by atoms with E-state index in [0.717, 1.165) is 56.9 Å². The standard InChI is InChI=1S/C22H28ClN5O3.HI/c23-21-5-2-1-4-19(21)17-26-22(24-10-3-11-27-12-14-31-15-13-27)25-16-18-6-8-20(9-7-18)28(29)30;/h1-2,4-9H,3,10-17H2,(H2,24,25,26);1H. The molecule has 174 valence electrons. The molecule has 2 N–H and O–H groups in total. The van der Waals surface area contributed by atoms with Crippen LogP contribution < -0.4 is 10.6 Å². The lowest BCUT2D eigenvalue weighted by molar-refractivity contribution is -0.384. The first kappa shape index (κ1) is 26.3. The van der Waals surface area contributed by atoms with Crippen molar-refractivity contribution in [1.29, 1.82) is 0 Å². The molecule has 0 saturated carbocycles. The number of halogens is 2. The van der Waals surface area contributed by atoms with Gasteiger partial charge in [-0.25, -0.2) is 4.99 Å². The van der Waals surface area contributed by atoms with Crippen molar-refractivity contribution in [3.8, 4) is 0 Å². The van der Waals surface area contributed by atoms with Crippen molar-refractivity contribution < 1.29 is 9.66 Å². The zero-order valence-electron chi connectivity index (χ0n) is 17.8. The molecule has 2 aromatic rings. The third-order valence-electron chi connectivity index (χ3n) is 5.02. The number of rotatable bonds is 9. The molecule has 0 unspecified atom stereocenters. The van der Waals surface area contributed by atoms with Gasteiger partial charge in [-0.15, -0.1) is 24.0 Å². The van der Waals surface area contributed by atoms with Crippen molar-refractivity contribution in [3.05, 3.63) is 74.8 Å². The zero-order chi connectivity index (χ0) is 21.9. The van der Waals surface area contributed by atoms with E-state index in [0.29, 0.717) is 24.1 Å². The number of aliphatic imine (C=N–C) groups is 1. The number of morpholine rings is 1. The van der Waals surface area contributed by atoms with Gasteiger partial charge in [0.2, 0.25) is 0 Å². The Balaban J connectivity index is 0.00000363. The summed E-state index contributed by atoms with van der Waals surface area (Å²) in [6, 6.07) is 14.1. The highest BCUT2D eigenvalue weighted by atomic mass is 127. The Kier molecular flexibility index (Phi) is 11.7. The summed E-state index contributed by atoms with van der Waals surface area (Å²) < 4.78 is 5.39. The van der Waals surface area contributed by atoms with Gasteiger partial charge in [0, 0.05) is 43.3 Å². The second-order valence-corrected chi connectivity index (χ2v) is 7.67. The third kappa shape index (κ3) is 8.89. The number of ether oxygens (including phenoxy) is 1. The van der Waals surface area contributed by atoms with Gasteiger partial charge < -0.3 is 15.4 Å². The lowest BCUT2D eigenvalue weighted by Gasteiger charge is -2.26. The van der Waals surface area contributed by atoms with Gasteiger partial charge in [-0.2, -0.15) is 0 Å². The van der Waals surface area contributed by atoms with Gasteiger partial charge in [0.25, 0.3) is 5.69 Å². The van der Waals surface area contributed by atoms with Gasteiger partial charge >= 0.3 is 0 Å². The minimum Gasteiger partial charge on any atom is -0.379 e. The Morgan fingerprint density at radius 1 is 1.12 bits per heavy atom. The fraction of sp³-hybridized carbons (Fsp3) is 0.409. The molecule has 0 radical (unpaired) electrons. The lowest BCUT2D eigenvalue weighted by atomic mass is 10.2. The zero-order valence-corrected chi connectivity index (χ0v) is 20.9. The second kappa shape index (κ2) is 14.2. The molecule has 10 heteroatoms. The molecule has 8 nitrogen and oxygen atoms in total. The average Bonchev–Trinajstić information content (AvgIpc) is 2.80. The summed E-state index contributed by atoms with van der Waals surface area (Å²) in [5.74, 6) is 0.681. The Bertz CT molecular complexity index is 876. The molecule has 1 saturated heterocycles. The van der Waals surface area contributed by atoms with Gasteiger partial charge in [-0.1, -0.05) is 41.9 Å². The van der Waals surface area contributed by atoms with Crippen LogP contribution in [0.15, 0.2) is 53.5 Å². The van der Waals surface area contributed by atoms with Crippen LogP contribution in [0, 0.1) is 10.1 Å². The van der Waals surface area contributed by atoms with Crippen LogP contribution in [0.2, 0.25) is 5.02 Å². The first-order valence-corrected chi connectivity index (χ1v) is 10.8. The Morgan fingerprint density at radius 2 is 1.84 bits per heavy atom. The third-order valence-corrected chi connectivity index (χ3v) is 5.39. The van der Waals surface area contributed by atoms with Crippen LogP contribution in [0.4, 0.5) is 5.69 Å². The molecular formula is C22H29ClIN5O3. The molecule has 1 aliphatic heterocycles. The van der Waals surface area contributed by atoms with E-state index in [-0.39, 0.29) is 29.7 Å². The summed E-state index contributed by atoms with van der Waals surface area (Å²) in [6.07, 6.45) is 0.990. The van der Waals surface area contributed by atoms with Crippen molar-refractivity contribution in [2.45, 2.75) is 19.5 Å². The summed E-state index contributed by atoms with van der Waals surface area (Å²) in [5, 5.41) is 18.2. The summed E-state index contributed by atoms with van der Waals surface area (Å²) in [6.45, 7) is 6.32. The van der Waals surface area contributed by atoms with E-state index in [9.17, 15) is 10.1 Å². The molecule has 0 spiro atoms. The van der Waals surface area contributed by atoms with Crippen molar-refractivity contribution in [2.24, 2.45) is 4.99 Å². The lowest BCUT2D eigenvalue weighted by Crippen LogP contribution is -2.40. The highest BCUT2D eigenvalue weighted by Crippen LogP contribution is 2.15. The molecule has 1 aliphatic rings. The minimum absolute atomic E-state index is 0. The van der Waals surface area contributed by atoms with Gasteiger partial charge in [-0.3, -0.25) is 15.0 Å². The molecular weight excluding hydrogens is 545 g/mol. The highest BCUT2D eigenvalue weighted by molar-refractivity contribution is 14.0. The first-order chi connectivity index (χ1) is 15.1. The Morgan fingerprint density at radius 3 is 2.53 bits per heavy atom. The van der Waals surface area contributed by atoms with Crippen molar-refractivity contribution >= 4 is 47.2 Å². The van der Waals surface area contributed by atoms with Crippen molar-refractivity contribution in [1.82, 2.24) is 15.5 Å². The molecule has 2 aromatic carbocycles. The normalized spacial score (nSPS) is 14.5. The van der Waals surface area contributed by atoms with Crippen molar-refractivity contribution in [3.63, 3.8) is 0 Å². The molecule has 1 heterocycles. The maximum Gasteiger partial charge on any atom is 0.269 e. The number of nitrogens with zero attached hydrogens (tertiary/aromatic N) is 3. The molecule has 32 heavy (non-hydrogen) atoms. The van der Waals surface area contributed by atoms with E-state index in [2.05, 4.69) is 20.5 Å². The Labute approximate surface area is 210 Å². The van der Waals surface area contributed by atoms with Crippen LogP contribution in [0.1, 0.15) is 17.5 Å². The number of nitrogens with one attached hydrogen (secondary N) is 2. The van der Waals surface area contributed by atoms with Gasteiger partial charge in [0.1, 0.15) is 0 Å². The van der Waals surface area contributed by atoms with E-state index < -0.39 is 4.92 Å². The number of benzene rings is 2. The number of hydrogen-bond acceptors (Lipinski definition) is 5. The molecule has 0 aliphatic carbocycles. The fourth-order valence-electron chi connectivity index (χ4n) is 3.22. The van der Waals surface area contributed by atoms with E-state index in [1.54, 1.807) is 12.1 Å². The van der Waals surface area contributed by atoms with Gasteiger partial charge in [0.15, 0.2) is 5.96 Å². The summed E-state index contributed by atoms with van der Waals surface area (Å²) in [5.41, 5.74) is 1.96. The molecule has 0 amide bonds. The van der Waals surface area contributed by atoms with Crippen molar-refractivity contribution in [2.75, 3.05) is 39.4 Å². The number of hydrogen-bond donors (Lipinski definition) is 2. The highest BCUT2D eigenvalue weighted by Gasteiger charge is 2.10. The SMILES string of the molecule is I.O=[N+]([O-])c1ccc(CN=C(NCCCN2CCOCC2)NCc2ccccc2Cl)cc1. The van der Waals surface area contributed by atoms with Crippen LogP contribution in [-0.4, -0.2) is 55.2 Å². The number of nitro groups is 1. The van der Waals surface area contributed by atoms with Crippen LogP contribution in [-0.2, 0) is 17.8 Å². The molecule has 1 fully saturated rings. The smallest absolute Gasteiger partial charge is 0.269 e. The van der Waals surface area contributed by atoms with Gasteiger partial charge in [0.05, 0.1) is 24.7 Å². The molecule has 0 atom stereocenters. The van der Waals surface area contributed by atoms with Crippen LogP contribution >= 0.6 is 35.6 Å². The largest absolute Gasteiger partial charge is 0.379 e. The molecule has 3 rings (SSSR count). The maximum atomic E-state index is 10.8. The monoisotopic (exact) mass is 573 g/mol. The summed E-state index contributed by atoms with van der Waals surface area (Å²) >= 11 is 6.26. The van der Waals surface area contributed by atoms with E-state index >= 15 is 0 Å². The number of non-ortho nitro benzene ring substituents is 1. The predicted molar refractivity (Wildman–Crippen MR) is 138 cm³/mol. The molecule has 0 bridgehead atoms. The summed E-state index contributed by atoms with van der Waals surface area (Å²) in [4.78, 5) is 17.5. The maximum absolute atomic E-state index is 10.8. The van der Waals surface area contributed by atoms with Crippen LogP contribution in [0.5, 0.6) is 0 Å². The Hall–Kier alpha value is -1.95. The predicted octanol–water partition coefficient (Wildman–Crippen LogP) is 3.82. The average molecular weight is 574 g/mol. The van der Waals surface area contributed by atoms with Crippen LogP contribution in [0.25, 0.3) is 0 Å². The van der Waals surface area contributed by atoms with E-state index in [4.69, 9.17) is 16.3 Å². The van der Waals surface area contributed by atoms with E-state index in [1.807, 2.05) is 24.3 Å². The first-order valence-electron chi connectivity index (χ1n) is 10.4. The number of guanidine groups is 1. The topological polar surface area (TPSA) is 92.0 Å². The minimum atomic E-state index is -0.403. The van der Waals surface area contributed by atoms with Crippen LogP contribution in [0.3, 0.4) is 0 Å². The summed E-state index contributed by atoms with van der Waals surface area (Å²) in [7, 11) is 0. The van der Waals surface area contributed by atoms with E-state index in [1.165, 1.54) is 12.1 Å².